The average molecular weight is 406 g/mol. The van der Waals surface area contributed by atoms with Crippen LogP contribution >= 0.6 is 0 Å². The fraction of sp³-hybridized carbons (Fsp3) is 0.238. The molecular weight excluding hydrogens is 387 g/mol. The maximum Gasteiger partial charge on any atom is 0.259 e. The number of pyridine rings is 1. The number of aryl methyl sites for hydroxylation is 1. The summed E-state index contributed by atoms with van der Waals surface area (Å²) < 4.78 is 19.8. The molecule has 1 unspecified atom stereocenters. The monoisotopic (exact) mass is 406 g/mol. The number of H-pyrrole nitrogens is 1. The van der Waals surface area contributed by atoms with Crippen LogP contribution in [-0.4, -0.2) is 40.3 Å². The van der Waals surface area contributed by atoms with Crippen LogP contribution in [0.5, 0.6) is 0 Å². The van der Waals surface area contributed by atoms with Crippen molar-refractivity contribution >= 4 is 17.5 Å². The average Bonchev–Trinajstić information content (AvgIpc) is 3.43. The van der Waals surface area contributed by atoms with Gasteiger partial charge in [0.25, 0.3) is 5.91 Å². The number of aromatic amines is 1. The zero-order valence-electron chi connectivity index (χ0n) is 16.2. The van der Waals surface area contributed by atoms with E-state index in [1.54, 1.807) is 31.5 Å². The second-order valence-corrected chi connectivity index (χ2v) is 7.00. The first-order valence-corrected chi connectivity index (χ1v) is 9.41. The Morgan fingerprint density at radius 1 is 1.40 bits per heavy atom. The molecule has 1 aromatic carbocycles. The van der Waals surface area contributed by atoms with Crippen molar-refractivity contribution in [3.05, 3.63) is 59.2 Å². The molecule has 8 nitrogen and oxygen atoms in total. The summed E-state index contributed by atoms with van der Waals surface area (Å²) in [7, 11) is 0. The highest BCUT2D eigenvalue weighted by Crippen LogP contribution is 2.29. The number of halogens is 1. The summed E-state index contributed by atoms with van der Waals surface area (Å²) in [5.41, 5.74) is 2.10. The number of hydrogen-bond donors (Lipinski definition) is 3. The first-order chi connectivity index (χ1) is 14.5. The van der Waals surface area contributed by atoms with Gasteiger partial charge in [-0.3, -0.25) is 9.89 Å². The Morgan fingerprint density at radius 2 is 2.27 bits per heavy atom. The summed E-state index contributed by atoms with van der Waals surface area (Å²) in [6, 6.07) is 8.26. The number of anilines is 2. The third kappa shape index (κ3) is 3.99. The van der Waals surface area contributed by atoms with E-state index in [1.165, 1.54) is 12.1 Å². The van der Waals surface area contributed by atoms with Crippen LogP contribution in [-0.2, 0) is 4.74 Å². The van der Waals surface area contributed by atoms with Crippen LogP contribution in [0.2, 0.25) is 0 Å². The van der Waals surface area contributed by atoms with Gasteiger partial charge in [-0.15, -0.1) is 0 Å². The number of aromatic nitrogens is 3. The number of rotatable bonds is 5. The van der Waals surface area contributed by atoms with Crippen molar-refractivity contribution in [3.63, 3.8) is 0 Å². The van der Waals surface area contributed by atoms with Crippen molar-refractivity contribution in [2.75, 3.05) is 23.8 Å². The number of nitrogens with zero attached hydrogens (tertiary/aromatic N) is 3. The number of carbonyl (C=O) groups excluding carboxylic acids is 1. The lowest BCUT2D eigenvalue weighted by molar-refractivity contribution is 0.102. The molecule has 0 spiro atoms. The SMILES string of the molecule is Cc1cc(F)c(C(=O)Nc2cc[nH]n2)cc1-c1cnc(NC2CCOC2)c(C#N)c1. The van der Waals surface area contributed by atoms with Gasteiger partial charge in [-0.25, -0.2) is 9.37 Å². The summed E-state index contributed by atoms with van der Waals surface area (Å²) >= 11 is 0. The van der Waals surface area contributed by atoms with Gasteiger partial charge in [0.05, 0.1) is 23.8 Å². The van der Waals surface area contributed by atoms with E-state index in [4.69, 9.17) is 4.74 Å². The van der Waals surface area contributed by atoms with Crippen molar-refractivity contribution in [1.82, 2.24) is 15.2 Å². The molecule has 1 fully saturated rings. The second-order valence-electron chi connectivity index (χ2n) is 7.00. The highest BCUT2D eigenvalue weighted by molar-refractivity contribution is 6.04. The quantitative estimate of drug-likeness (QED) is 0.599. The summed E-state index contributed by atoms with van der Waals surface area (Å²) in [6.45, 7) is 2.98. The van der Waals surface area contributed by atoms with E-state index in [2.05, 4.69) is 31.9 Å². The first kappa shape index (κ1) is 19.5. The molecule has 9 heteroatoms. The Balaban J connectivity index is 1.66. The number of benzene rings is 1. The number of hydrogen-bond acceptors (Lipinski definition) is 6. The van der Waals surface area contributed by atoms with E-state index in [-0.39, 0.29) is 11.6 Å². The molecule has 3 aromatic rings. The highest BCUT2D eigenvalue weighted by Gasteiger charge is 2.20. The molecule has 30 heavy (non-hydrogen) atoms. The predicted molar refractivity (Wildman–Crippen MR) is 108 cm³/mol. The fourth-order valence-corrected chi connectivity index (χ4v) is 3.33. The molecule has 4 rings (SSSR count). The van der Waals surface area contributed by atoms with Gasteiger partial charge in [-0.2, -0.15) is 10.4 Å². The molecule has 1 saturated heterocycles. The van der Waals surface area contributed by atoms with Crippen molar-refractivity contribution in [2.45, 2.75) is 19.4 Å². The molecule has 0 bridgehead atoms. The van der Waals surface area contributed by atoms with Gasteiger partial charge < -0.3 is 15.4 Å². The number of ether oxygens (including phenoxy) is 1. The lowest BCUT2D eigenvalue weighted by atomic mass is 9.97. The van der Waals surface area contributed by atoms with Crippen molar-refractivity contribution in [3.8, 4) is 17.2 Å². The van der Waals surface area contributed by atoms with E-state index in [9.17, 15) is 14.4 Å². The van der Waals surface area contributed by atoms with Crippen molar-refractivity contribution in [1.29, 1.82) is 5.26 Å². The zero-order chi connectivity index (χ0) is 21.1. The highest BCUT2D eigenvalue weighted by atomic mass is 19.1. The molecule has 1 aliphatic heterocycles. The Hall–Kier alpha value is -3.77. The van der Waals surface area contributed by atoms with Crippen LogP contribution in [0.4, 0.5) is 16.0 Å². The molecular formula is C21H19FN6O2. The Bertz CT molecular complexity index is 1120. The van der Waals surface area contributed by atoms with Crippen LogP contribution in [0.1, 0.15) is 27.9 Å². The van der Waals surface area contributed by atoms with Crippen LogP contribution in [0.3, 0.4) is 0 Å². The standard InChI is InChI=1S/C21H19FN6O2/c1-12-6-18(22)17(21(29)27-19-2-4-25-28-19)8-16(12)14-7-13(9-23)20(24-10-14)26-15-3-5-30-11-15/h2,4,6-8,10,15H,3,5,11H2,1H3,(H,24,26)(H2,25,27,28,29). The predicted octanol–water partition coefficient (Wildman–Crippen LogP) is 3.24. The molecule has 0 aliphatic carbocycles. The van der Waals surface area contributed by atoms with E-state index >= 15 is 0 Å². The van der Waals surface area contributed by atoms with Crippen molar-refractivity contribution in [2.24, 2.45) is 0 Å². The largest absolute Gasteiger partial charge is 0.379 e. The first-order valence-electron chi connectivity index (χ1n) is 9.41. The minimum absolute atomic E-state index is 0.111. The van der Waals surface area contributed by atoms with E-state index < -0.39 is 11.7 Å². The fourth-order valence-electron chi connectivity index (χ4n) is 3.33. The second kappa shape index (κ2) is 8.31. The van der Waals surface area contributed by atoms with E-state index in [0.29, 0.717) is 47.1 Å². The molecule has 152 valence electrons. The van der Waals surface area contributed by atoms with Gasteiger partial charge in [0, 0.05) is 30.6 Å². The minimum Gasteiger partial charge on any atom is -0.379 e. The molecule has 1 atom stereocenters. The normalized spacial score (nSPS) is 15.6. The van der Waals surface area contributed by atoms with Crippen LogP contribution in [0.25, 0.3) is 11.1 Å². The van der Waals surface area contributed by atoms with Crippen molar-refractivity contribution < 1.29 is 13.9 Å². The van der Waals surface area contributed by atoms with Gasteiger partial charge >= 0.3 is 0 Å². The van der Waals surface area contributed by atoms with Crippen LogP contribution in [0.15, 0.2) is 36.7 Å². The topological polar surface area (TPSA) is 116 Å². The summed E-state index contributed by atoms with van der Waals surface area (Å²) in [5, 5.41) is 21.8. The van der Waals surface area contributed by atoms with Crippen LogP contribution in [0, 0.1) is 24.1 Å². The van der Waals surface area contributed by atoms with Gasteiger partial charge in [0.15, 0.2) is 5.82 Å². The minimum atomic E-state index is -0.641. The molecule has 0 radical (unpaired) electrons. The summed E-state index contributed by atoms with van der Waals surface area (Å²) in [6.07, 6.45) is 4.00. The molecule has 2 aromatic heterocycles. The molecule has 1 amide bonds. The van der Waals surface area contributed by atoms with Gasteiger partial charge in [0.2, 0.25) is 0 Å². The molecule has 1 aliphatic rings. The molecule has 0 saturated carbocycles. The maximum absolute atomic E-state index is 14.5. The summed E-state index contributed by atoms with van der Waals surface area (Å²) in [5.74, 6) is -0.486. The molecule has 3 heterocycles. The van der Waals surface area contributed by atoms with Crippen LogP contribution < -0.4 is 10.6 Å². The molecule has 3 N–H and O–H groups in total. The Morgan fingerprint density at radius 3 is 2.97 bits per heavy atom. The lowest BCUT2D eigenvalue weighted by Crippen LogP contribution is -2.20. The van der Waals surface area contributed by atoms with Gasteiger partial charge in [0.1, 0.15) is 17.7 Å². The Labute approximate surface area is 172 Å². The number of nitrogens with one attached hydrogen (secondary N) is 3. The Kier molecular flexibility index (Phi) is 5.41. The summed E-state index contributed by atoms with van der Waals surface area (Å²) in [4.78, 5) is 16.9. The third-order valence-electron chi connectivity index (χ3n) is 4.89. The van der Waals surface area contributed by atoms with E-state index in [0.717, 1.165) is 6.42 Å². The number of amides is 1. The maximum atomic E-state index is 14.5. The lowest BCUT2D eigenvalue weighted by Gasteiger charge is -2.14. The zero-order valence-corrected chi connectivity index (χ0v) is 16.2. The van der Waals surface area contributed by atoms with E-state index in [1.807, 2.05) is 0 Å². The van der Waals surface area contributed by atoms with Gasteiger partial charge in [-0.05, 0) is 42.7 Å². The smallest absolute Gasteiger partial charge is 0.259 e. The number of nitriles is 1. The van der Waals surface area contributed by atoms with Gasteiger partial charge in [-0.1, -0.05) is 0 Å². The third-order valence-corrected chi connectivity index (χ3v) is 4.89. The number of carbonyl (C=O) groups is 1.